The van der Waals surface area contributed by atoms with Gasteiger partial charge in [0.15, 0.2) is 0 Å². The minimum Gasteiger partial charge on any atom is -0.445 e. The molecule has 0 aromatic heterocycles. The fourth-order valence-electron chi connectivity index (χ4n) is 1.85. The third-order valence-corrected chi connectivity index (χ3v) is 2.95. The van der Waals surface area contributed by atoms with Gasteiger partial charge in [-0.3, -0.25) is 0 Å². The Labute approximate surface area is 106 Å². The molecule has 0 radical (unpaired) electrons. The average molecular weight is 251 g/mol. The van der Waals surface area contributed by atoms with E-state index in [9.17, 15) is 4.79 Å². The molecule has 0 aliphatic carbocycles. The van der Waals surface area contributed by atoms with Crippen molar-refractivity contribution in [3.63, 3.8) is 0 Å². The number of aliphatic hydroxyl groups excluding tert-OH is 1. The quantitative estimate of drug-likeness (QED) is 0.835. The van der Waals surface area contributed by atoms with Gasteiger partial charge >= 0.3 is 6.09 Å². The molecule has 18 heavy (non-hydrogen) atoms. The fraction of sp³-hybridized carbons (Fsp3) is 0.462. The lowest BCUT2D eigenvalue weighted by molar-refractivity contribution is 0.130. The summed E-state index contributed by atoms with van der Waals surface area (Å²) in [4.78, 5) is 11.6. The van der Waals surface area contributed by atoms with Gasteiger partial charge in [-0.05, 0) is 5.56 Å². The van der Waals surface area contributed by atoms with Crippen LogP contribution in [0.15, 0.2) is 30.3 Å². The number of hydrogen-bond acceptors (Lipinski definition) is 4. The van der Waals surface area contributed by atoms with Crippen LogP contribution in [0.4, 0.5) is 4.79 Å². The van der Waals surface area contributed by atoms with Crippen molar-refractivity contribution in [3.8, 4) is 0 Å². The minimum atomic E-state index is -0.479. The lowest BCUT2D eigenvalue weighted by atomic mass is 10.1. The van der Waals surface area contributed by atoms with E-state index in [0.29, 0.717) is 13.2 Å². The molecule has 2 rings (SSSR count). The Morgan fingerprint density at radius 3 is 2.89 bits per heavy atom. The van der Waals surface area contributed by atoms with Crippen molar-refractivity contribution in [2.45, 2.75) is 12.6 Å². The normalized spacial score (nSPS) is 22.7. The fourth-order valence-corrected chi connectivity index (χ4v) is 1.85. The maximum atomic E-state index is 11.6. The summed E-state index contributed by atoms with van der Waals surface area (Å²) < 4.78 is 10.3. The van der Waals surface area contributed by atoms with Crippen molar-refractivity contribution in [3.05, 3.63) is 35.9 Å². The molecule has 0 unspecified atom stereocenters. The maximum absolute atomic E-state index is 11.6. The van der Waals surface area contributed by atoms with Gasteiger partial charge in [0.1, 0.15) is 6.61 Å². The SMILES string of the molecule is O=C(N[C@@H]1COC[C@@H]1CO)OCc1ccccc1. The predicted octanol–water partition coefficient (Wildman–Crippen LogP) is 0.920. The van der Waals surface area contributed by atoms with E-state index in [4.69, 9.17) is 14.6 Å². The van der Waals surface area contributed by atoms with E-state index in [0.717, 1.165) is 5.56 Å². The van der Waals surface area contributed by atoms with E-state index in [-0.39, 0.29) is 25.2 Å². The zero-order valence-electron chi connectivity index (χ0n) is 10.0. The van der Waals surface area contributed by atoms with Crippen molar-refractivity contribution in [2.75, 3.05) is 19.8 Å². The highest BCUT2D eigenvalue weighted by Gasteiger charge is 2.29. The van der Waals surface area contributed by atoms with Gasteiger partial charge in [-0.25, -0.2) is 4.79 Å². The molecule has 1 fully saturated rings. The second-order valence-corrected chi connectivity index (χ2v) is 4.29. The maximum Gasteiger partial charge on any atom is 0.407 e. The highest BCUT2D eigenvalue weighted by Crippen LogP contribution is 2.13. The minimum absolute atomic E-state index is 0.00360. The molecule has 1 aromatic rings. The van der Waals surface area contributed by atoms with Gasteiger partial charge in [0.25, 0.3) is 0 Å². The zero-order chi connectivity index (χ0) is 12.8. The molecular weight excluding hydrogens is 234 g/mol. The number of amides is 1. The Morgan fingerprint density at radius 1 is 1.39 bits per heavy atom. The van der Waals surface area contributed by atoms with Crippen LogP contribution in [0.25, 0.3) is 0 Å². The largest absolute Gasteiger partial charge is 0.445 e. The van der Waals surface area contributed by atoms with Crippen LogP contribution in [0.1, 0.15) is 5.56 Å². The Hall–Kier alpha value is -1.59. The van der Waals surface area contributed by atoms with E-state index < -0.39 is 6.09 Å². The first kappa shape index (κ1) is 12.9. The van der Waals surface area contributed by atoms with Crippen LogP contribution < -0.4 is 5.32 Å². The monoisotopic (exact) mass is 251 g/mol. The number of ether oxygens (including phenoxy) is 2. The molecule has 2 atom stereocenters. The van der Waals surface area contributed by atoms with Crippen molar-refractivity contribution >= 4 is 6.09 Å². The second-order valence-electron chi connectivity index (χ2n) is 4.29. The van der Waals surface area contributed by atoms with Crippen LogP contribution in [0.5, 0.6) is 0 Å². The van der Waals surface area contributed by atoms with E-state index in [1.807, 2.05) is 30.3 Å². The predicted molar refractivity (Wildman–Crippen MR) is 64.9 cm³/mol. The van der Waals surface area contributed by atoms with Crippen molar-refractivity contribution in [2.24, 2.45) is 5.92 Å². The van der Waals surface area contributed by atoms with Crippen LogP contribution in [0, 0.1) is 5.92 Å². The van der Waals surface area contributed by atoms with Crippen LogP contribution in [0.2, 0.25) is 0 Å². The Bertz CT molecular complexity index is 382. The van der Waals surface area contributed by atoms with Crippen molar-refractivity contribution in [1.82, 2.24) is 5.32 Å². The summed E-state index contributed by atoms with van der Waals surface area (Å²) in [7, 11) is 0. The Morgan fingerprint density at radius 2 is 2.17 bits per heavy atom. The molecule has 98 valence electrons. The van der Waals surface area contributed by atoms with Crippen molar-refractivity contribution in [1.29, 1.82) is 0 Å². The van der Waals surface area contributed by atoms with Gasteiger partial charge in [-0.15, -0.1) is 0 Å². The number of benzene rings is 1. The van der Waals surface area contributed by atoms with E-state index in [1.165, 1.54) is 0 Å². The summed E-state index contributed by atoms with van der Waals surface area (Å²) in [6.07, 6.45) is -0.479. The van der Waals surface area contributed by atoms with E-state index in [2.05, 4.69) is 5.32 Å². The number of nitrogens with one attached hydrogen (secondary N) is 1. The van der Waals surface area contributed by atoms with Crippen molar-refractivity contribution < 1.29 is 19.4 Å². The first-order valence-corrected chi connectivity index (χ1v) is 5.95. The number of rotatable bonds is 4. The molecule has 1 aromatic carbocycles. The first-order chi connectivity index (χ1) is 8.79. The lowest BCUT2D eigenvalue weighted by Gasteiger charge is -2.16. The molecule has 1 amide bonds. The molecule has 1 aliphatic heterocycles. The molecule has 1 aliphatic rings. The number of alkyl carbamates (subject to hydrolysis) is 1. The topological polar surface area (TPSA) is 67.8 Å². The Kier molecular flexibility index (Phi) is 4.55. The third kappa shape index (κ3) is 3.45. The van der Waals surface area contributed by atoms with Crippen LogP contribution >= 0.6 is 0 Å². The van der Waals surface area contributed by atoms with Gasteiger partial charge in [0.05, 0.1) is 25.9 Å². The molecule has 0 saturated carbocycles. The average Bonchev–Trinajstić information content (AvgIpc) is 2.85. The zero-order valence-corrected chi connectivity index (χ0v) is 10.0. The molecule has 1 heterocycles. The second kappa shape index (κ2) is 6.37. The summed E-state index contributed by atoms with van der Waals surface area (Å²) in [6, 6.07) is 9.31. The van der Waals surface area contributed by atoms with Gasteiger partial charge in [0, 0.05) is 5.92 Å². The number of carbonyl (C=O) groups excluding carboxylic acids is 1. The van der Waals surface area contributed by atoms with E-state index >= 15 is 0 Å². The number of hydrogen-bond donors (Lipinski definition) is 2. The summed E-state index contributed by atoms with van der Waals surface area (Å²) >= 11 is 0. The highest BCUT2D eigenvalue weighted by molar-refractivity contribution is 5.67. The van der Waals surface area contributed by atoms with Gasteiger partial charge in [-0.2, -0.15) is 0 Å². The standard InChI is InChI=1S/C13H17NO4/c15-6-11-8-17-9-12(11)14-13(16)18-7-10-4-2-1-3-5-10/h1-5,11-12,15H,6-9H2,(H,14,16)/t11-,12+/m0/s1. The molecule has 5 heteroatoms. The summed E-state index contributed by atoms with van der Waals surface area (Å²) in [5.41, 5.74) is 0.939. The lowest BCUT2D eigenvalue weighted by Crippen LogP contribution is -2.41. The van der Waals surface area contributed by atoms with E-state index in [1.54, 1.807) is 0 Å². The van der Waals surface area contributed by atoms with Gasteiger partial charge in [0.2, 0.25) is 0 Å². The summed E-state index contributed by atoms with van der Waals surface area (Å²) in [5, 5.41) is 11.8. The van der Waals surface area contributed by atoms with Gasteiger partial charge in [-0.1, -0.05) is 30.3 Å². The van der Waals surface area contributed by atoms with Crippen LogP contribution in [-0.2, 0) is 16.1 Å². The molecular formula is C13H17NO4. The Balaban J connectivity index is 1.75. The van der Waals surface area contributed by atoms with Crippen LogP contribution in [-0.4, -0.2) is 37.1 Å². The summed E-state index contributed by atoms with van der Waals surface area (Å²) in [6.45, 7) is 1.14. The smallest absolute Gasteiger partial charge is 0.407 e. The number of aliphatic hydroxyl groups is 1. The first-order valence-electron chi connectivity index (χ1n) is 5.95. The number of carbonyl (C=O) groups is 1. The van der Waals surface area contributed by atoms with Gasteiger partial charge < -0.3 is 19.9 Å². The summed E-state index contributed by atoms with van der Waals surface area (Å²) in [5.74, 6) is -0.0470. The van der Waals surface area contributed by atoms with Crippen LogP contribution in [0.3, 0.4) is 0 Å². The molecule has 2 N–H and O–H groups in total. The highest BCUT2D eigenvalue weighted by atomic mass is 16.5. The molecule has 0 spiro atoms. The molecule has 0 bridgehead atoms. The molecule has 1 saturated heterocycles. The molecule has 5 nitrogen and oxygen atoms in total. The third-order valence-electron chi connectivity index (χ3n) is 2.95.